The molecule has 3 heterocycles. The first-order chi connectivity index (χ1) is 13.5. The van der Waals surface area contributed by atoms with E-state index in [-0.39, 0.29) is 5.56 Å². The van der Waals surface area contributed by atoms with Crippen molar-refractivity contribution in [2.45, 2.75) is 13.0 Å². The Bertz CT molecular complexity index is 1270. The van der Waals surface area contributed by atoms with Crippen molar-refractivity contribution < 1.29 is 13.9 Å². The molecule has 0 fully saturated rings. The molecule has 0 spiro atoms. The highest BCUT2D eigenvalue weighted by Gasteiger charge is 2.32. The summed E-state index contributed by atoms with van der Waals surface area (Å²) in [4.78, 5) is 30.8. The van der Waals surface area contributed by atoms with Crippen LogP contribution in [0.2, 0.25) is 0 Å². The molecule has 4 rings (SSSR count). The van der Waals surface area contributed by atoms with Crippen molar-refractivity contribution >= 4 is 46.0 Å². The van der Waals surface area contributed by atoms with Crippen LogP contribution in [0.5, 0.6) is 0 Å². The highest BCUT2D eigenvalue weighted by molar-refractivity contribution is 14.1. The van der Waals surface area contributed by atoms with Gasteiger partial charge in [0, 0.05) is 6.08 Å². The Hall–Kier alpha value is -2.46. The Labute approximate surface area is 177 Å². The first-order valence-corrected chi connectivity index (χ1v) is 10.3. The fraction of sp³-hybridized carbons (Fsp3) is 0.150. The highest BCUT2D eigenvalue weighted by Crippen LogP contribution is 2.30. The van der Waals surface area contributed by atoms with E-state index in [1.807, 2.05) is 36.4 Å². The molecule has 3 aromatic rings. The zero-order chi connectivity index (χ0) is 19.8. The minimum atomic E-state index is -0.594. The molecular weight excluding hydrogens is 491 g/mol. The van der Waals surface area contributed by atoms with Gasteiger partial charge in [0.15, 0.2) is 8.57 Å². The molecule has 2 aromatic heterocycles. The Morgan fingerprint density at radius 3 is 2.68 bits per heavy atom. The minimum absolute atomic E-state index is 0.224. The second-order valence-corrected chi connectivity index (χ2v) is 8.20. The molecular formula is C20H15IN2O4S. The molecule has 142 valence electrons. The Morgan fingerprint density at radius 1 is 1.29 bits per heavy atom. The van der Waals surface area contributed by atoms with Crippen LogP contribution in [0.1, 0.15) is 24.3 Å². The predicted octanol–water partition coefficient (Wildman–Crippen LogP) is 2.61. The van der Waals surface area contributed by atoms with Crippen LogP contribution in [-0.2, 0) is 9.53 Å². The van der Waals surface area contributed by atoms with E-state index < -0.39 is 12.0 Å². The molecule has 1 aliphatic heterocycles. The number of allylic oxidation sites excluding steroid dienone is 1. The van der Waals surface area contributed by atoms with Crippen molar-refractivity contribution in [1.29, 1.82) is 0 Å². The van der Waals surface area contributed by atoms with Crippen LogP contribution < -0.4 is 14.9 Å². The Balaban J connectivity index is 1.99. The largest absolute Gasteiger partial charge is 0.466 e. The van der Waals surface area contributed by atoms with E-state index in [1.54, 1.807) is 23.6 Å². The fourth-order valence-electron chi connectivity index (χ4n) is 3.18. The summed E-state index contributed by atoms with van der Waals surface area (Å²) in [5.74, 6) is 0.0970. The molecule has 0 N–H and O–H groups in total. The lowest BCUT2D eigenvalue weighted by molar-refractivity contribution is -0.136. The molecule has 0 radical (unpaired) electrons. The van der Waals surface area contributed by atoms with Crippen molar-refractivity contribution in [3.8, 4) is 0 Å². The third kappa shape index (κ3) is 3.26. The number of nitrogens with zero attached hydrogens (tertiary/aromatic N) is 2. The van der Waals surface area contributed by atoms with Crippen molar-refractivity contribution in [2.75, 3.05) is 7.11 Å². The number of thiazole rings is 1. The summed E-state index contributed by atoms with van der Waals surface area (Å²) in [6.45, 7) is 1.76. The van der Waals surface area contributed by atoms with E-state index in [0.29, 0.717) is 26.4 Å². The van der Waals surface area contributed by atoms with Gasteiger partial charge in [0.2, 0.25) is 0 Å². The molecule has 1 aromatic carbocycles. The number of aromatic nitrogens is 1. The molecule has 28 heavy (non-hydrogen) atoms. The second kappa shape index (κ2) is 7.51. The van der Waals surface area contributed by atoms with Gasteiger partial charge in [-0.2, -0.15) is 0 Å². The smallest absolute Gasteiger partial charge is 0.338 e. The number of carbonyl (C=O) groups is 1. The van der Waals surface area contributed by atoms with Crippen molar-refractivity contribution in [2.24, 2.45) is 4.99 Å². The van der Waals surface area contributed by atoms with E-state index in [4.69, 9.17) is 9.15 Å². The zero-order valence-corrected chi connectivity index (χ0v) is 18.0. The third-order valence-corrected chi connectivity index (χ3v) is 5.97. The first kappa shape index (κ1) is 18.9. The number of carbonyl (C=O) groups excluding carboxylic acids is 1. The van der Waals surface area contributed by atoms with Gasteiger partial charge in [0.25, 0.3) is 5.56 Å². The number of esters is 1. The van der Waals surface area contributed by atoms with Gasteiger partial charge in [0.1, 0.15) is 5.76 Å². The zero-order valence-electron chi connectivity index (χ0n) is 15.0. The predicted molar refractivity (Wildman–Crippen MR) is 114 cm³/mol. The highest BCUT2D eigenvalue weighted by atomic mass is 127. The molecule has 6 nitrogen and oxygen atoms in total. The fourth-order valence-corrected chi connectivity index (χ4v) is 4.64. The van der Waals surface area contributed by atoms with Gasteiger partial charge in [-0.3, -0.25) is 9.36 Å². The summed E-state index contributed by atoms with van der Waals surface area (Å²) >= 11 is 3.34. The van der Waals surface area contributed by atoms with Crippen LogP contribution >= 0.6 is 33.9 Å². The standard InChI is InChI=1S/C20H15IN2O4S/c1-11-16(19(25)26-2)17(12-6-4-3-5-7-12)23-18(24)14(28-20(23)22-11)10-13-8-9-15(21)27-13/h3-10,17H,1-2H3. The number of methoxy groups -OCH3 is 1. The van der Waals surface area contributed by atoms with E-state index >= 15 is 0 Å². The summed E-state index contributed by atoms with van der Waals surface area (Å²) in [6.07, 6.45) is 1.70. The number of furan rings is 1. The van der Waals surface area contributed by atoms with E-state index in [0.717, 1.165) is 9.33 Å². The second-order valence-electron chi connectivity index (χ2n) is 6.13. The third-order valence-electron chi connectivity index (χ3n) is 4.41. The average molecular weight is 506 g/mol. The molecule has 0 bridgehead atoms. The molecule has 1 unspecified atom stereocenters. The van der Waals surface area contributed by atoms with Gasteiger partial charge in [-0.05, 0) is 47.2 Å². The maximum atomic E-state index is 13.2. The van der Waals surface area contributed by atoms with Crippen LogP contribution in [0, 0.1) is 3.77 Å². The van der Waals surface area contributed by atoms with Crippen LogP contribution in [-0.4, -0.2) is 17.6 Å². The lowest BCUT2D eigenvalue weighted by atomic mass is 9.96. The lowest BCUT2D eigenvalue weighted by Gasteiger charge is -2.24. The van der Waals surface area contributed by atoms with Gasteiger partial charge in [-0.1, -0.05) is 41.7 Å². The molecule has 0 amide bonds. The number of benzene rings is 1. The first-order valence-electron chi connectivity index (χ1n) is 8.40. The van der Waals surface area contributed by atoms with Gasteiger partial charge >= 0.3 is 5.97 Å². The Morgan fingerprint density at radius 2 is 2.04 bits per heavy atom. The number of fused-ring (bicyclic) bond motifs is 1. The van der Waals surface area contributed by atoms with Crippen LogP contribution in [0.3, 0.4) is 0 Å². The lowest BCUT2D eigenvalue weighted by Crippen LogP contribution is -2.39. The topological polar surface area (TPSA) is 73.8 Å². The SMILES string of the molecule is COC(=O)C1=C(C)N=c2sc(=Cc3ccc(I)o3)c(=O)n2C1c1ccccc1. The number of hydrogen-bond donors (Lipinski definition) is 0. The van der Waals surface area contributed by atoms with Gasteiger partial charge in [-0.25, -0.2) is 9.79 Å². The molecule has 1 atom stereocenters. The van der Waals surface area contributed by atoms with Crippen LogP contribution in [0.4, 0.5) is 0 Å². The normalized spacial score (nSPS) is 16.7. The number of rotatable bonds is 3. The van der Waals surface area contributed by atoms with Crippen molar-refractivity contribution in [1.82, 2.24) is 4.57 Å². The molecule has 8 heteroatoms. The van der Waals surface area contributed by atoms with Gasteiger partial charge in [-0.15, -0.1) is 0 Å². The summed E-state index contributed by atoms with van der Waals surface area (Å²) < 4.78 is 13.3. The summed E-state index contributed by atoms with van der Waals surface area (Å²) in [7, 11) is 1.33. The minimum Gasteiger partial charge on any atom is -0.466 e. The quantitative estimate of drug-likeness (QED) is 0.405. The van der Waals surface area contributed by atoms with Crippen molar-refractivity contribution in [3.05, 3.63) is 88.5 Å². The number of ether oxygens (including phenoxy) is 1. The maximum absolute atomic E-state index is 13.2. The van der Waals surface area contributed by atoms with E-state index in [1.165, 1.54) is 18.4 Å². The Kier molecular flexibility index (Phi) is 5.07. The summed E-state index contributed by atoms with van der Waals surface area (Å²) in [5.41, 5.74) is 1.50. The van der Waals surface area contributed by atoms with Crippen LogP contribution in [0.15, 0.2) is 67.9 Å². The maximum Gasteiger partial charge on any atom is 0.338 e. The monoisotopic (exact) mass is 506 g/mol. The summed E-state index contributed by atoms with van der Waals surface area (Å²) in [6, 6.07) is 12.5. The summed E-state index contributed by atoms with van der Waals surface area (Å²) in [5, 5.41) is 0. The molecule has 0 aliphatic carbocycles. The van der Waals surface area contributed by atoms with Crippen LogP contribution in [0.25, 0.3) is 6.08 Å². The van der Waals surface area contributed by atoms with Crippen molar-refractivity contribution in [3.63, 3.8) is 0 Å². The number of halogens is 1. The molecule has 0 saturated carbocycles. The van der Waals surface area contributed by atoms with E-state index in [2.05, 4.69) is 27.6 Å². The molecule has 0 saturated heterocycles. The molecule has 1 aliphatic rings. The average Bonchev–Trinajstić information content (AvgIpc) is 3.24. The van der Waals surface area contributed by atoms with Gasteiger partial charge in [0.05, 0.1) is 29.0 Å². The number of hydrogen-bond acceptors (Lipinski definition) is 6. The van der Waals surface area contributed by atoms with E-state index in [9.17, 15) is 9.59 Å². The van der Waals surface area contributed by atoms with Gasteiger partial charge < -0.3 is 9.15 Å².